The van der Waals surface area contributed by atoms with Crippen molar-refractivity contribution in [3.63, 3.8) is 0 Å². The van der Waals surface area contributed by atoms with Crippen molar-refractivity contribution in [1.82, 2.24) is 10.2 Å². The van der Waals surface area contributed by atoms with Gasteiger partial charge in [-0.05, 0) is 12.6 Å². The first-order valence-electron chi connectivity index (χ1n) is 4.65. The third kappa shape index (κ3) is 3.85. The van der Waals surface area contributed by atoms with Crippen LogP contribution in [-0.4, -0.2) is 30.5 Å². The van der Waals surface area contributed by atoms with Crippen molar-refractivity contribution in [3.05, 3.63) is 35.9 Å². The van der Waals surface area contributed by atoms with Crippen LogP contribution >= 0.6 is 12.2 Å². The molecular weight excluding hydrogens is 192 g/mol. The molecule has 0 saturated heterocycles. The van der Waals surface area contributed by atoms with Crippen molar-refractivity contribution in [1.29, 1.82) is 0 Å². The summed E-state index contributed by atoms with van der Waals surface area (Å²) in [5.74, 6) is 0. The van der Waals surface area contributed by atoms with E-state index < -0.39 is 0 Å². The summed E-state index contributed by atoms with van der Waals surface area (Å²) in [6.07, 6.45) is 0. The van der Waals surface area contributed by atoms with Crippen LogP contribution in [0.2, 0.25) is 0 Å². The van der Waals surface area contributed by atoms with Gasteiger partial charge in [0.1, 0.15) is 0 Å². The lowest BCUT2D eigenvalue weighted by atomic mass is 10.2. The molecule has 1 aromatic rings. The lowest BCUT2D eigenvalue weighted by molar-refractivity contribution is 0.373. The van der Waals surface area contributed by atoms with Crippen molar-refractivity contribution < 1.29 is 0 Å². The zero-order chi connectivity index (χ0) is 10.4. The molecule has 0 aliphatic rings. The van der Waals surface area contributed by atoms with Gasteiger partial charge in [-0.15, -0.1) is 0 Å². The predicted molar refractivity (Wildman–Crippen MR) is 64.4 cm³/mol. The molecule has 76 valence electrons. The molecule has 0 aliphatic carbocycles. The molecule has 2 nitrogen and oxygen atoms in total. The molecular formula is C11H16N2S. The lowest BCUT2D eigenvalue weighted by Gasteiger charge is -2.16. The molecule has 0 spiro atoms. The highest BCUT2D eigenvalue weighted by atomic mass is 32.1. The second kappa shape index (κ2) is 5.73. The molecule has 3 heteroatoms. The highest BCUT2D eigenvalue weighted by molar-refractivity contribution is 7.80. The van der Waals surface area contributed by atoms with E-state index >= 15 is 0 Å². The van der Waals surface area contributed by atoms with E-state index in [1.54, 1.807) is 0 Å². The van der Waals surface area contributed by atoms with Crippen molar-refractivity contribution in [2.24, 2.45) is 0 Å². The van der Waals surface area contributed by atoms with Crippen molar-refractivity contribution in [3.8, 4) is 0 Å². The minimum atomic E-state index is 0.806. The normalized spacial score (nSPS) is 10.2. The van der Waals surface area contributed by atoms with E-state index in [9.17, 15) is 0 Å². The van der Waals surface area contributed by atoms with Crippen LogP contribution in [0.3, 0.4) is 0 Å². The van der Waals surface area contributed by atoms with Gasteiger partial charge >= 0.3 is 0 Å². The molecule has 14 heavy (non-hydrogen) atoms. The van der Waals surface area contributed by atoms with Gasteiger partial charge in [0.15, 0.2) is 0 Å². The number of benzene rings is 1. The van der Waals surface area contributed by atoms with Crippen molar-refractivity contribution in [2.45, 2.75) is 6.54 Å². The molecule has 0 aliphatic heterocycles. The van der Waals surface area contributed by atoms with Crippen LogP contribution in [0.25, 0.3) is 0 Å². The number of hydrogen-bond donors (Lipinski definition) is 1. The van der Waals surface area contributed by atoms with E-state index in [-0.39, 0.29) is 0 Å². The summed E-state index contributed by atoms with van der Waals surface area (Å²) in [7, 11) is 3.93. The van der Waals surface area contributed by atoms with Crippen LogP contribution in [-0.2, 0) is 6.54 Å². The van der Waals surface area contributed by atoms with Gasteiger partial charge < -0.3 is 5.32 Å². The standard InChI is InChI=1S/C11H16N2S/c1-12-11(14)9-13(2)8-10-6-4-3-5-7-10/h3-7H,8-9H2,1-2H3,(H,12,14). The van der Waals surface area contributed by atoms with Crippen LogP contribution in [0.4, 0.5) is 0 Å². The van der Waals surface area contributed by atoms with Gasteiger partial charge in [-0.25, -0.2) is 0 Å². The van der Waals surface area contributed by atoms with E-state index in [2.05, 4.69) is 41.5 Å². The summed E-state index contributed by atoms with van der Waals surface area (Å²) < 4.78 is 0. The Morgan fingerprint density at radius 1 is 1.36 bits per heavy atom. The van der Waals surface area contributed by atoms with Crippen molar-refractivity contribution in [2.75, 3.05) is 20.6 Å². The summed E-state index contributed by atoms with van der Waals surface area (Å²) in [4.78, 5) is 3.07. The topological polar surface area (TPSA) is 15.3 Å². The fraction of sp³-hybridized carbons (Fsp3) is 0.364. The Balaban J connectivity index is 2.41. The number of rotatable bonds is 4. The smallest absolute Gasteiger partial charge is 0.0893 e. The largest absolute Gasteiger partial charge is 0.382 e. The number of nitrogens with zero attached hydrogens (tertiary/aromatic N) is 1. The van der Waals surface area contributed by atoms with Crippen LogP contribution in [0.5, 0.6) is 0 Å². The van der Waals surface area contributed by atoms with Gasteiger partial charge in [-0.1, -0.05) is 42.5 Å². The molecule has 0 atom stereocenters. The molecule has 1 rings (SSSR count). The van der Waals surface area contributed by atoms with E-state index in [1.807, 2.05) is 13.1 Å². The fourth-order valence-corrected chi connectivity index (χ4v) is 1.50. The minimum Gasteiger partial charge on any atom is -0.382 e. The second-order valence-corrected chi connectivity index (χ2v) is 3.82. The van der Waals surface area contributed by atoms with Crippen LogP contribution in [0, 0.1) is 0 Å². The Morgan fingerprint density at radius 2 is 2.00 bits per heavy atom. The van der Waals surface area contributed by atoms with E-state index in [0.717, 1.165) is 18.1 Å². The second-order valence-electron chi connectivity index (χ2n) is 3.33. The van der Waals surface area contributed by atoms with E-state index in [0.29, 0.717) is 0 Å². The van der Waals surface area contributed by atoms with Crippen LogP contribution < -0.4 is 5.32 Å². The molecule has 0 bridgehead atoms. The van der Waals surface area contributed by atoms with Crippen LogP contribution in [0.15, 0.2) is 30.3 Å². The molecule has 1 N–H and O–H groups in total. The first kappa shape index (κ1) is 11.1. The zero-order valence-electron chi connectivity index (χ0n) is 8.66. The highest BCUT2D eigenvalue weighted by Gasteiger charge is 2.01. The minimum absolute atomic E-state index is 0.806. The van der Waals surface area contributed by atoms with Gasteiger partial charge in [0.25, 0.3) is 0 Å². The third-order valence-electron chi connectivity index (χ3n) is 1.99. The average molecular weight is 208 g/mol. The molecule has 0 fully saturated rings. The predicted octanol–water partition coefficient (Wildman–Crippen LogP) is 1.67. The maximum absolute atomic E-state index is 5.09. The maximum atomic E-state index is 5.09. The van der Waals surface area contributed by atoms with Gasteiger partial charge in [0.2, 0.25) is 0 Å². The lowest BCUT2D eigenvalue weighted by Crippen LogP contribution is -2.31. The van der Waals surface area contributed by atoms with Crippen LogP contribution in [0.1, 0.15) is 5.56 Å². The third-order valence-corrected chi connectivity index (χ3v) is 2.32. The van der Waals surface area contributed by atoms with E-state index in [4.69, 9.17) is 12.2 Å². The Labute approximate surface area is 90.9 Å². The number of thiocarbonyl (C=S) groups is 1. The number of hydrogen-bond acceptors (Lipinski definition) is 2. The monoisotopic (exact) mass is 208 g/mol. The SMILES string of the molecule is CNC(=S)CN(C)Cc1ccccc1. The van der Waals surface area contributed by atoms with E-state index in [1.165, 1.54) is 5.56 Å². The summed E-state index contributed by atoms with van der Waals surface area (Å²) in [6, 6.07) is 10.4. The molecule has 0 unspecified atom stereocenters. The summed E-state index contributed by atoms with van der Waals surface area (Å²) >= 11 is 5.09. The fourth-order valence-electron chi connectivity index (χ4n) is 1.28. The quantitative estimate of drug-likeness (QED) is 0.758. The summed E-state index contributed by atoms with van der Waals surface area (Å²) in [6.45, 7) is 1.74. The van der Waals surface area contributed by atoms with Gasteiger partial charge in [0.05, 0.1) is 4.99 Å². The zero-order valence-corrected chi connectivity index (χ0v) is 9.47. The Morgan fingerprint density at radius 3 is 2.57 bits per heavy atom. The number of nitrogens with one attached hydrogen (secondary N) is 1. The molecule has 0 saturated carbocycles. The highest BCUT2D eigenvalue weighted by Crippen LogP contribution is 2.01. The van der Waals surface area contributed by atoms with Gasteiger partial charge in [-0.3, -0.25) is 4.90 Å². The Bertz CT molecular complexity index is 285. The molecule has 0 heterocycles. The molecule has 0 amide bonds. The maximum Gasteiger partial charge on any atom is 0.0893 e. The first-order valence-corrected chi connectivity index (χ1v) is 5.06. The first-order chi connectivity index (χ1) is 6.72. The van der Waals surface area contributed by atoms with Gasteiger partial charge in [-0.2, -0.15) is 0 Å². The summed E-state index contributed by atoms with van der Waals surface area (Å²) in [5.41, 5.74) is 1.31. The van der Waals surface area contributed by atoms with Gasteiger partial charge in [0, 0.05) is 20.1 Å². The molecule has 1 aromatic carbocycles. The Kier molecular flexibility index (Phi) is 4.56. The number of likely N-dealkylation sites (N-methyl/N-ethyl adjacent to an activating group) is 2. The van der Waals surface area contributed by atoms with Crippen molar-refractivity contribution >= 4 is 17.2 Å². The molecule has 0 radical (unpaired) electrons. The molecule has 0 aromatic heterocycles. The Hall–Kier alpha value is -0.930. The summed E-state index contributed by atoms with van der Waals surface area (Å²) in [5, 5.41) is 2.97. The average Bonchev–Trinajstić information content (AvgIpc) is 2.19.